The van der Waals surface area contributed by atoms with Crippen LogP contribution in [0.2, 0.25) is 0 Å². The van der Waals surface area contributed by atoms with E-state index in [4.69, 9.17) is 0 Å². The maximum Gasteiger partial charge on any atom is -0.0102 e. The highest BCUT2D eigenvalue weighted by molar-refractivity contribution is 7.59. The summed E-state index contributed by atoms with van der Waals surface area (Å²) in [4.78, 5) is 0. The van der Waals surface area contributed by atoms with E-state index in [1.165, 1.54) is 24.3 Å². The van der Waals surface area contributed by atoms with Gasteiger partial charge in [0.25, 0.3) is 0 Å². The second-order valence-corrected chi connectivity index (χ2v) is 6.51. The Labute approximate surface area is 94.6 Å². The van der Waals surface area contributed by atoms with Crippen LogP contribution in [0, 0.1) is 5.92 Å². The minimum Gasteiger partial charge on any atom is -0.197 e. The molecular weight excluding hydrogens is 207 g/mol. The molecule has 0 nitrogen and oxygen atoms in total. The molecule has 78 valence electrons. The predicted molar refractivity (Wildman–Crippen MR) is 73.6 cm³/mol. The summed E-state index contributed by atoms with van der Waals surface area (Å²) in [6.07, 6.45) is 4.26. The molecule has 0 amide bonds. The van der Waals surface area contributed by atoms with Gasteiger partial charge in [-0.15, -0.1) is 7.55 Å². The molecule has 0 aromatic heterocycles. The fourth-order valence-corrected chi connectivity index (χ4v) is 5.01. The van der Waals surface area contributed by atoms with Gasteiger partial charge in [-0.05, 0) is 30.2 Å². The van der Waals surface area contributed by atoms with E-state index in [0.717, 1.165) is 5.92 Å². The Hall–Kier alpha value is -0.130. The van der Waals surface area contributed by atoms with Crippen molar-refractivity contribution in [2.45, 2.75) is 19.5 Å². The highest BCUT2D eigenvalue weighted by atomic mass is 32.1. The van der Waals surface area contributed by atoms with Gasteiger partial charge in [0.2, 0.25) is 0 Å². The van der Waals surface area contributed by atoms with Crippen LogP contribution in [0.3, 0.4) is 0 Å². The van der Waals surface area contributed by atoms with Crippen molar-refractivity contribution in [2.75, 3.05) is 6.16 Å². The molecule has 1 aromatic carbocycles. The summed E-state index contributed by atoms with van der Waals surface area (Å²) in [6.45, 7) is 2.35. The largest absolute Gasteiger partial charge is 0.197 e. The van der Waals surface area contributed by atoms with E-state index in [9.17, 15) is 0 Å². The Morgan fingerprint density at radius 2 is 2.00 bits per heavy atom. The predicted octanol–water partition coefficient (Wildman–Crippen LogP) is 3.36. The Morgan fingerprint density at radius 1 is 1.29 bits per heavy atom. The molecule has 0 spiro atoms. The summed E-state index contributed by atoms with van der Waals surface area (Å²) in [6, 6.07) is 10.9. The second kappa shape index (κ2) is 5.68. The van der Waals surface area contributed by atoms with E-state index in [2.05, 4.69) is 43.1 Å². The van der Waals surface area contributed by atoms with E-state index in [-0.39, 0.29) is 21.0 Å². The third-order valence-corrected chi connectivity index (χ3v) is 5.55. The lowest BCUT2D eigenvalue weighted by Gasteiger charge is -2.01. The number of hydrogen-bond acceptors (Lipinski definition) is 0. The number of rotatable bonds is 2. The second-order valence-electron chi connectivity index (χ2n) is 4.00. The van der Waals surface area contributed by atoms with E-state index in [0.29, 0.717) is 0 Å². The van der Waals surface area contributed by atoms with Gasteiger partial charge in [-0.2, -0.15) is 13.5 Å². The number of benzene rings is 1. The molecule has 0 fully saturated rings. The average Bonchev–Trinajstić information content (AvgIpc) is 2.53. The Balaban J connectivity index is 0.000000980. The highest BCUT2D eigenvalue weighted by Gasteiger charge is 2.09. The Morgan fingerprint density at radius 3 is 2.57 bits per heavy atom. The fraction of sp³-hybridized carbons (Fsp3) is 0.417. The molecule has 1 aliphatic heterocycles. The fourth-order valence-electron chi connectivity index (χ4n) is 1.99. The summed E-state index contributed by atoms with van der Waals surface area (Å²) in [5, 5.41) is 0. The van der Waals surface area contributed by atoms with Crippen LogP contribution in [0.25, 0.3) is 0 Å². The molecule has 1 aliphatic rings. The molecule has 0 N–H and O–H groups in total. The zero-order chi connectivity index (χ0) is 9.10. The first-order valence-electron chi connectivity index (χ1n) is 5.08. The third-order valence-electron chi connectivity index (χ3n) is 2.72. The maximum absolute atomic E-state index is 2.62. The van der Waals surface area contributed by atoms with Crippen molar-refractivity contribution in [3.05, 3.63) is 35.9 Å². The van der Waals surface area contributed by atoms with Crippen molar-refractivity contribution in [3.8, 4) is 0 Å². The zero-order valence-corrected chi connectivity index (χ0v) is 10.7. The summed E-state index contributed by atoms with van der Waals surface area (Å²) < 4.78 is 0. The van der Waals surface area contributed by atoms with E-state index < -0.39 is 0 Å². The molecule has 2 atom stereocenters. The van der Waals surface area contributed by atoms with Gasteiger partial charge in [0, 0.05) is 0 Å². The minimum atomic E-state index is -0.138. The van der Waals surface area contributed by atoms with Gasteiger partial charge in [0.15, 0.2) is 0 Å². The van der Waals surface area contributed by atoms with Crippen molar-refractivity contribution in [2.24, 2.45) is 5.92 Å². The number of hydrogen-bond donors (Lipinski definition) is 0. The van der Waals surface area contributed by atoms with Crippen molar-refractivity contribution in [1.29, 1.82) is 0 Å². The first-order valence-corrected chi connectivity index (χ1v) is 7.07. The molecule has 0 bridgehead atoms. The topological polar surface area (TPSA) is 0 Å². The van der Waals surface area contributed by atoms with Gasteiger partial charge in [-0.1, -0.05) is 43.1 Å². The van der Waals surface area contributed by atoms with E-state index in [1.807, 2.05) is 0 Å². The lowest BCUT2D eigenvalue weighted by Crippen LogP contribution is -1.85. The molecule has 2 heteroatoms. The summed E-state index contributed by atoms with van der Waals surface area (Å²) in [5.74, 6) is 3.51. The van der Waals surface area contributed by atoms with Crippen LogP contribution in [0.1, 0.15) is 18.9 Å². The Bertz CT molecular complexity index is 305. The van der Waals surface area contributed by atoms with Crippen LogP contribution in [-0.4, -0.2) is 12.0 Å². The molecule has 1 aromatic rings. The SMILES string of the molecule is CC1C=[PH](Cc2ccccc2)CC1.S. The van der Waals surface area contributed by atoms with Gasteiger partial charge >= 0.3 is 0 Å². The summed E-state index contributed by atoms with van der Waals surface area (Å²) in [5.41, 5.74) is 1.53. The minimum absolute atomic E-state index is 0. The van der Waals surface area contributed by atoms with E-state index >= 15 is 0 Å². The third kappa shape index (κ3) is 3.22. The normalized spacial score (nSPS) is 25.2. The first-order chi connectivity index (χ1) is 6.34. The molecule has 0 saturated heterocycles. The summed E-state index contributed by atoms with van der Waals surface area (Å²) in [7, 11) is -0.138. The van der Waals surface area contributed by atoms with Crippen molar-refractivity contribution in [3.63, 3.8) is 0 Å². The molecular formula is C12H19PS. The molecule has 14 heavy (non-hydrogen) atoms. The quantitative estimate of drug-likeness (QED) is 0.678. The summed E-state index contributed by atoms with van der Waals surface area (Å²) >= 11 is 0. The van der Waals surface area contributed by atoms with Crippen LogP contribution in [0.15, 0.2) is 30.3 Å². The van der Waals surface area contributed by atoms with Crippen LogP contribution in [0.4, 0.5) is 0 Å². The Kier molecular flexibility index (Phi) is 4.84. The van der Waals surface area contributed by atoms with Gasteiger partial charge < -0.3 is 0 Å². The van der Waals surface area contributed by atoms with Gasteiger partial charge in [-0.3, -0.25) is 0 Å². The van der Waals surface area contributed by atoms with Crippen molar-refractivity contribution in [1.82, 2.24) is 0 Å². The first kappa shape index (κ1) is 11.9. The molecule has 0 aliphatic carbocycles. The highest BCUT2D eigenvalue weighted by Crippen LogP contribution is 2.36. The van der Waals surface area contributed by atoms with Crippen LogP contribution in [-0.2, 0) is 6.16 Å². The zero-order valence-electron chi connectivity index (χ0n) is 8.66. The lowest BCUT2D eigenvalue weighted by molar-refractivity contribution is 0.781. The van der Waals surface area contributed by atoms with Crippen LogP contribution in [0.5, 0.6) is 0 Å². The molecule has 0 saturated carbocycles. The smallest absolute Gasteiger partial charge is 0.0102 e. The molecule has 2 rings (SSSR count). The van der Waals surface area contributed by atoms with Crippen molar-refractivity contribution >= 4 is 26.8 Å². The van der Waals surface area contributed by atoms with Gasteiger partial charge in [0.05, 0.1) is 0 Å². The van der Waals surface area contributed by atoms with Gasteiger partial charge in [-0.25, -0.2) is 0 Å². The van der Waals surface area contributed by atoms with Crippen molar-refractivity contribution < 1.29 is 0 Å². The molecule has 2 unspecified atom stereocenters. The van der Waals surface area contributed by atoms with Crippen LogP contribution >= 0.6 is 21.0 Å². The maximum atomic E-state index is 2.62. The molecule has 1 heterocycles. The lowest BCUT2D eigenvalue weighted by atomic mass is 10.2. The monoisotopic (exact) mass is 226 g/mol. The van der Waals surface area contributed by atoms with Crippen LogP contribution < -0.4 is 0 Å². The average molecular weight is 226 g/mol. The standard InChI is InChI=1S/C12H17P.H2S/c1-11-7-8-13(9-11)10-12-5-3-2-4-6-12;/h2-6,9,11,13H,7-8,10H2,1H3;1H2. The van der Waals surface area contributed by atoms with E-state index in [1.54, 1.807) is 0 Å². The van der Waals surface area contributed by atoms with Gasteiger partial charge in [0.1, 0.15) is 0 Å². The molecule has 0 radical (unpaired) electrons.